The van der Waals surface area contributed by atoms with Crippen LogP contribution in [-0.2, 0) is 11.1 Å². The molecule has 1 atom stereocenters. The average Bonchev–Trinajstić information content (AvgIpc) is 3.47. The standard InChI is InChI=1S/C25H31FN6O3S/c1-15(2)21-23(17-11-20(35-3)25-27-14-28-32(25)13-17)29-19-12-18(26)22(30-24(19)21)16-5-8-31(9-6-16)7-4-10-36(33)34/h11-16,29H,4-10H2,1-3H3,(H,33,34). The van der Waals surface area contributed by atoms with Gasteiger partial charge in [-0.25, -0.2) is 23.1 Å². The van der Waals surface area contributed by atoms with Crippen molar-refractivity contribution in [2.45, 2.75) is 44.9 Å². The quantitative estimate of drug-likeness (QED) is 0.337. The van der Waals surface area contributed by atoms with Crippen LogP contribution in [0.3, 0.4) is 0 Å². The van der Waals surface area contributed by atoms with Gasteiger partial charge in [0, 0.05) is 29.3 Å². The van der Waals surface area contributed by atoms with Crippen LogP contribution in [-0.4, -0.2) is 70.7 Å². The molecule has 0 aliphatic carbocycles. The number of halogens is 1. The topological polar surface area (TPSA) is 109 Å². The first-order valence-corrected chi connectivity index (χ1v) is 13.5. The van der Waals surface area contributed by atoms with Gasteiger partial charge in [0.15, 0.2) is 22.5 Å². The Kier molecular flexibility index (Phi) is 7.05. The molecule has 4 aromatic rings. The molecule has 0 spiro atoms. The van der Waals surface area contributed by atoms with Gasteiger partial charge in [-0.15, -0.1) is 0 Å². The Balaban J connectivity index is 1.47. The van der Waals surface area contributed by atoms with Gasteiger partial charge in [-0.2, -0.15) is 5.10 Å². The zero-order valence-electron chi connectivity index (χ0n) is 20.7. The van der Waals surface area contributed by atoms with Crippen molar-refractivity contribution in [2.75, 3.05) is 32.5 Å². The fourth-order valence-electron chi connectivity index (χ4n) is 5.22. The number of aromatic nitrogens is 5. The highest BCUT2D eigenvalue weighted by Crippen LogP contribution is 2.38. The maximum Gasteiger partial charge on any atom is 0.197 e. The first kappa shape index (κ1) is 24.8. The number of piperidine rings is 1. The molecule has 36 heavy (non-hydrogen) atoms. The van der Waals surface area contributed by atoms with Crippen molar-refractivity contribution in [3.05, 3.63) is 41.7 Å². The Labute approximate surface area is 211 Å². The zero-order chi connectivity index (χ0) is 25.4. The second kappa shape index (κ2) is 10.2. The van der Waals surface area contributed by atoms with Crippen molar-refractivity contribution in [3.63, 3.8) is 0 Å². The summed E-state index contributed by atoms with van der Waals surface area (Å²) in [6, 6.07) is 3.49. The lowest BCUT2D eigenvalue weighted by atomic mass is 9.92. The number of nitrogens with zero attached hydrogens (tertiary/aromatic N) is 5. The number of pyridine rings is 2. The molecule has 0 amide bonds. The number of hydrogen-bond acceptors (Lipinski definition) is 6. The van der Waals surface area contributed by atoms with Crippen LogP contribution >= 0.6 is 0 Å². The first-order valence-electron chi connectivity index (χ1n) is 12.2. The monoisotopic (exact) mass is 514 g/mol. The van der Waals surface area contributed by atoms with E-state index in [1.807, 2.05) is 12.3 Å². The van der Waals surface area contributed by atoms with Gasteiger partial charge in [0.05, 0.1) is 35.3 Å². The molecule has 1 unspecified atom stereocenters. The molecule has 2 N–H and O–H groups in total. The molecule has 1 aliphatic rings. The van der Waals surface area contributed by atoms with Crippen molar-refractivity contribution in [2.24, 2.45) is 0 Å². The number of aromatic amines is 1. The molecule has 4 aromatic heterocycles. The van der Waals surface area contributed by atoms with E-state index in [9.17, 15) is 4.21 Å². The van der Waals surface area contributed by atoms with Gasteiger partial charge >= 0.3 is 0 Å². The van der Waals surface area contributed by atoms with E-state index in [4.69, 9.17) is 14.3 Å². The minimum absolute atomic E-state index is 0.0441. The molecular formula is C25H31FN6O3S. The highest BCUT2D eigenvalue weighted by Gasteiger charge is 2.27. The molecule has 1 saturated heterocycles. The third-order valence-electron chi connectivity index (χ3n) is 6.98. The summed E-state index contributed by atoms with van der Waals surface area (Å²) in [5.41, 5.74) is 5.38. The minimum Gasteiger partial charge on any atom is -0.493 e. The van der Waals surface area contributed by atoms with Crippen LogP contribution in [0.15, 0.2) is 24.7 Å². The van der Waals surface area contributed by atoms with Crippen molar-refractivity contribution in [1.82, 2.24) is 29.5 Å². The van der Waals surface area contributed by atoms with Gasteiger partial charge in [0.25, 0.3) is 0 Å². The molecule has 192 valence electrons. The predicted molar refractivity (Wildman–Crippen MR) is 137 cm³/mol. The van der Waals surface area contributed by atoms with Gasteiger partial charge < -0.3 is 19.2 Å². The van der Waals surface area contributed by atoms with E-state index in [0.29, 0.717) is 29.0 Å². The third kappa shape index (κ3) is 4.74. The minimum atomic E-state index is -1.75. The molecule has 9 nitrogen and oxygen atoms in total. The average molecular weight is 515 g/mol. The number of nitrogens with one attached hydrogen (secondary N) is 1. The summed E-state index contributed by atoms with van der Waals surface area (Å²) >= 11 is -1.75. The van der Waals surface area contributed by atoms with E-state index in [0.717, 1.165) is 54.8 Å². The van der Waals surface area contributed by atoms with E-state index >= 15 is 4.39 Å². The Morgan fingerprint density at radius 2 is 2.08 bits per heavy atom. The first-order chi connectivity index (χ1) is 17.4. The number of likely N-dealkylation sites (tertiary alicyclic amines) is 1. The molecule has 11 heteroatoms. The van der Waals surface area contributed by atoms with E-state index in [-0.39, 0.29) is 23.4 Å². The lowest BCUT2D eigenvalue weighted by Gasteiger charge is -2.31. The summed E-state index contributed by atoms with van der Waals surface area (Å²) in [5.74, 6) is 0.800. The molecule has 5 rings (SSSR count). The Morgan fingerprint density at radius 1 is 1.31 bits per heavy atom. The maximum absolute atomic E-state index is 15.3. The Bertz CT molecular complexity index is 1410. The lowest BCUT2D eigenvalue weighted by Crippen LogP contribution is -2.34. The van der Waals surface area contributed by atoms with E-state index in [1.54, 1.807) is 17.7 Å². The second-order valence-electron chi connectivity index (χ2n) is 9.64. The molecule has 1 aliphatic heterocycles. The normalized spacial score (nSPS) is 16.4. The molecule has 0 saturated carbocycles. The van der Waals surface area contributed by atoms with Crippen LogP contribution < -0.4 is 4.74 Å². The lowest BCUT2D eigenvalue weighted by molar-refractivity contribution is 0.210. The third-order valence-corrected chi connectivity index (χ3v) is 7.62. The fraction of sp³-hybridized carbons (Fsp3) is 0.480. The fourth-order valence-corrected chi connectivity index (χ4v) is 5.60. The summed E-state index contributed by atoms with van der Waals surface area (Å²) in [7, 11) is 1.60. The largest absolute Gasteiger partial charge is 0.493 e. The Morgan fingerprint density at radius 3 is 2.78 bits per heavy atom. The van der Waals surface area contributed by atoms with E-state index < -0.39 is 11.1 Å². The smallest absolute Gasteiger partial charge is 0.197 e. The van der Waals surface area contributed by atoms with Crippen molar-refractivity contribution in [1.29, 1.82) is 0 Å². The highest BCUT2D eigenvalue weighted by molar-refractivity contribution is 7.79. The highest BCUT2D eigenvalue weighted by atomic mass is 32.2. The molecule has 0 radical (unpaired) electrons. The summed E-state index contributed by atoms with van der Waals surface area (Å²) in [5, 5.41) is 4.27. The molecule has 0 aromatic carbocycles. The number of ether oxygens (including phenoxy) is 1. The number of hydrogen-bond donors (Lipinski definition) is 2. The Hall–Kier alpha value is -2.89. The number of methoxy groups -OCH3 is 1. The summed E-state index contributed by atoms with van der Waals surface area (Å²) < 4.78 is 42.4. The van der Waals surface area contributed by atoms with Gasteiger partial charge in [0.2, 0.25) is 0 Å². The SMILES string of the molecule is COc1cc(-c2[nH]c3cc(F)c(C4CCN(CCCS(=O)O)CC4)nc3c2C(C)C)cn2ncnc12. The summed E-state index contributed by atoms with van der Waals surface area (Å²) in [4.78, 5) is 14.8. The van der Waals surface area contributed by atoms with Crippen LogP contribution in [0, 0.1) is 5.82 Å². The van der Waals surface area contributed by atoms with Crippen LogP contribution in [0.4, 0.5) is 4.39 Å². The number of rotatable bonds is 8. The van der Waals surface area contributed by atoms with Gasteiger partial charge in [-0.1, -0.05) is 13.8 Å². The van der Waals surface area contributed by atoms with E-state index in [2.05, 4.69) is 33.8 Å². The summed E-state index contributed by atoms with van der Waals surface area (Å²) in [6.45, 7) is 6.66. The molecule has 0 bridgehead atoms. The van der Waals surface area contributed by atoms with Crippen LogP contribution in [0.2, 0.25) is 0 Å². The van der Waals surface area contributed by atoms with Crippen LogP contribution in [0.5, 0.6) is 5.75 Å². The van der Waals surface area contributed by atoms with Gasteiger partial charge in [-0.05, 0) is 50.9 Å². The second-order valence-corrected chi connectivity index (χ2v) is 10.7. The maximum atomic E-state index is 15.3. The number of fused-ring (bicyclic) bond motifs is 2. The predicted octanol–water partition coefficient (Wildman–Crippen LogP) is 4.33. The number of H-pyrrole nitrogens is 1. The van der Waals surface area contributed by atoms with Crippen molar-refractivity contribution >= 4 is 27.8 Å². The van der Waals surface area contributed by atoms with Gasteiger partial charge in [-0.3, -0.25) is 0 Å². The van der Waals surface area contributed by atoms with Crippen molar-refractivity contribution in [3.8, 4) is 17.0 Å². The van der Waals surface area contributed by atoms with Crippen LogP contribution in [0.25, 0.3) is 27.9 Å². The van der Waals surface area contributed by atoms with Gasteiger partial charge in [0.1, 0.15) is 12.1 Å². The summed E-state index contributed by atoms with van der Waals surface area (Å²) in [6.07, 6.45) is 5.68. The molecule has 1 fully saturated rings. The molecule has 5 heterocycles. The molecular weight excluding hydrogens is 483 g/mol. The zero-order valence-corrected chi connectivity index (χ0v) is 21.5. The van der Waals surface area contributed by atoms with Crippen molar-refractivity contribution < 1.29 is 17.9 Å². The van der Waals surface area contributed by atoms with E-state index in [1.165, 1.54) is 6.33 Å². The van der Waals surface area contributed by atoms with Crippen LogP contribution in [0.1, 0.15) is 56.2 Å².